The summed E-state index contributed by atoms with van der Waals surface area (Å²) in [4.78, 5) is 28.5. The number of pyridine rings is 1. The molecule has 0 fully saturated rings. The lowest BCUT2D eigenvalue weighted by atomic mass is 9.81. The first-order valence-electron chi connectivity index (χ1n) is 9.51. The molecule has 3 heterocycles. The molecule has 2 unspecified atom stereocenters. The van der Waals surface area contributed by atoms with Crippen molar-refractivity contribution >= 4 is 23.8 Å². The summed E-state index contributed by atoms with van der Waals surface area (Å²) in [5.41, 5.74) is 2.21. The Morgan fingerprint density at radius 1 is 1.39 bits per heavy atom. The largest absolute Gasteiger partial charge is 0.343 e. The van der Waals surface area contributed by atoms with Crippen LogP contribution in [0, 0.1) is 0 Å². The van der Waals surface area contributed by atoms with Crippen LogP contribution in [-0.4, -0.2) is 40.2 Å². The van der Waals surface area contributed by atoms with Gasteiger partial charge in [0.1, 0.15) is 24.6 Å². The van der Waals surface area contributed by atoms with Crippen LogP contribution in [-0.2, 0) is 15.1 Å². The predicted octanol–water partition coefficient (Wildman–Crippen LogP) is 2.83. The van der Waals surface area contributed by atoms with Crippen molar-refractivity contribution in [1.82, 2.24) is 10.3 Å². The minimum absolute atomic E-state index is 0.0640. The number of hydrogen-bond donors (Lipinski definition) is 2. The average Bonchev–Trinajstić information content (AvgIpc) is 3.08. The van der Waals surface area contributed by atoms with Crippen LogP contribution in [0.15, 0.2) is 46.9 Å². The Kier molecular flexibility index (Phi) is 5.21. The van der Waals surface area contributed by atoms with E-state index in [9.17, 15) is 9.59 Å². The minimum Gasteiger partial charge on any atom is -0.343 e. The molecule has 0 radical (unpaired) electrons. The van der Waals surface area contributed by atoms with E-state index in [1.165, 1.54) is 6.92 Å². The quantitative estimate of drug-likeness (QED) is 0.768. The molecule has 0 saturated heterocycles. The zero-order chi connectivity index (χ0) is 20.5. The molecule has 3 rings (SSSR count). The molecule has 2 aliphatic heterocycles. The number of amides is 2. The first-order chi connectivity index (χ1) is 13.2. The van der Waals surface area contributed by atoms with Crippen molar-refractivity contribution in [3.8, 4) is 0 Å². The fourth-order valence-corrected chi connectivity index (χ4v) is 3.78. The topological polar surface area (TPSA) is 83.5 Å². The molecule has 1 aromatic rings. The molecule has 7 heteroatoms. The molecule has 7 nitrogen and oxygen atoms in total. The van der Waals surface area contributed by atoms with Crippen LogP contribution in [0.5, 0.6) is 0 Å². The molecule has 2 atom stereocenters. The maximum Gasteiger partial charge on any atom is 0.253 e. The van der Waals surface area contributed by atoms with Gasteiger partial charge in [-0.1, -0.05) is 16.7 Å². The summed E-state index contributed by atoms with van der Waals surface area (Å²) in [7, 11) is 0. The number of nitrogens with zero attached hydrogens (tertiary/aromatic N) is 3. The van der Waals surface area contributed by atoms with Crippen LogP contribution in [0.3, 0.4) is 0 Å². The van der Waals surface area contributed by atoms with Crippen molar-refractivity contribution in [2.24, 2.45) is 5.10 Å². The highest BCUT2D eigenvalue weighted by Crippen LogP contribution is 2.35. The maximum atomic E-state index is 13.0. The molecule has 0 spiro atoms. The molecule has 0 saturated carbocycles. The van der Waals surface area contributed by atoms with Crippen molar-refractivity contribution in [2.45, 2.75) is 52.6 Å². The van der Waals surface area contributed by atoms with Gasteiger partial charge in [0, 0.05) is 19.2 Å². The SMILES string of the molecule is CC(=O)Nc1ccc(C2(C)CC(C)=C(C[N+]3(C(C)C)C=CC=N3)C(=O)N2)cn1. The fourth-order valence-electron chi connectivity index (χ4n) is 3.78. The Labute approximate surface area is 165 Å². The Bertz CT molecular complexity index is 871. The molecule has 2 aliphatic rings. The summed E-state index contributed by atoms with van der Waals surface area (Å²) in [6.07, 6.45) is 8.17. The summed E-state index contributed by atoms with van der Waals surface area (Å²) >= 11 is 0. The second kappa shape index (κ2) is 7.31. The van der Waals surface area contributed by atoms with E-state index in [1.807, 2.05) is 32.2 Å². The van der Waals surface area contributed by atoms with Gasteiger partial charge in [-0.2, -0.15) is 4.59 Å². The highest BCUT2D eigenvalue weighted by Gasteiger charge is 2.41. The first-order valence-corrected chi connectivity index (χ1v) is 9.51. The van der Waals surface area contributed by atoms with Crippen molar-refractivity contribution < 1.29 is 14.2 Å². The number of allylic oxidation sites excluding steroid dienone is 1. The van der Waals surface area contributed by atoms with E-state index >= 15 is 0 Å². The summed E-state index contributed by atoms with van der Waals surface area (Å²) in [5, 5.41) is 10.4. The lowest BCUT2D eigenvalue weighted by Crippen LogP contribution is -2.52. The molecule has 0 aromatic carbocycles. The van der Waals surface area contributed by atoms with E-state index in [0.29, 0.717) is 23.4 Å². The maximum absolute atomic E-state index is 13.0. The normalized spacial score (nSPS) is 26.7. The second-order valence-corrected chi connectivity index (χ2v) is 8.08. The van der Waals surface area contributed by atoms with Crippen LogP contribution in [0.25, 0.3) is 0 Å². The van der Waals surface area contributed by atoms with Gasteiger partial charge in [0.05, 0.1) is 17.3 Å². The molecular weight excluding hydrogens is 354 g/mol. The van der Waals surface area contributed by atoms with Gasteiger partial charge in [-0.25, -0.2) is 4.98 Å². The summed E-state index contributed by atoms with van der Waals surface area (Å²) < 4.78 is 0.407. The van der Waals surface area contributed by atoms with Crippen molar-refractivity contribution in [2.75, 3.05) is 11.9 Å². The van der Waals surface area contributed by atoms with Crippen molar-refractivity contribution in [3.05, 3.63) is 47.3 Å². The predicted molar refractivity (Wildman–Crippen MR) is 109 cm³/mol. The lowest BCUT2D eigenvalue weighted by Gasteiger charge is -2.38. The Hall–Kier alpha value is -2.80. The molecule has 148 valence electrons. The minimum atomic E-state index is -0.542. The van der Waals surface area contributed by atoms with E-state index in [1.54, 1.807) is 18.5 Å². The van der Waals surface area contributed by atoms with Gasteiger partial charge in [-0.15, -0.1) is 0 Å². The van der Waals surface area contributed by atoms with E-state index in [2.05, 4.69) is 34.6 Å². The highest BCUT2D eigenvalue weighted by atomic mass is 16.2. The van der Waals surface area contributed by atoms with E-state index in [0.717, 1.165) is 16.7 Å². The van der Waals surface area contributed by atoms with Gasteiger partial charge < -0.3 is 10.6 Å². The molecule has 1 aromatic heterocycles. The number of hydrogen-bond acceptors (Lipinski definition) is 4. The van der Waals surface area contributed by atoms with E-state index < -0.39 is 5.54 Å². The summed E-state index contributed by atoms with van der Waals surface area (Å²) in [6, 6.07) is 3.89. The summed E-state index contributed by atoms with van der Waals surface area (Å²) in [6.45, 7) is 10.2. The number of quaternary nitrogens is 1. The van der Waals surface area contributed by atoms with Gasteiger partial charge >= 0.3 is 0 Å². The van der Waals surface area contributed by atoms with Crippen LogP contribution < -0.4 is 10.6 Å². The van der Waals surface area contributed by atoms with E-state index in [-0.39, 0.29) is 17.9 Å². The monoisotopic (exact) mass is 382 g/mol. The zero-order valence-corrected chi connectivity index (χ0v) is 17.1. The Morgan fingerprint density at radius 3 is 2.64 bits per heavy atom. The third-order valence-electron chi connectivity index (χ3n) is 5.52. The second-order valence-electron chi connectivity index (χ2n) is 8.08. The number of rotatable bonds is 5. The van der Waals surface area contributed by atoms with Crippen molar-refractivity contribution in [1.29, 1.82) is 0 Å². The summed E-state index contributed by atoms with van der Waals surface area (Å²) in [5.74, 6) is 0.268. The molecule has 0 bridgehead atoms. The standard InChI is InChI=1S/C21H27N5O2/c1-14(2)26(10-6-9-23-26)13-18-15(3)11-21(5,25-20(18)28)17-7-8-19(22-12-17)24-16(4)27/h6-10,12,14H,11,13H2,1-5H3,(H-,22,24,25,27,28)/p+1. The fraction of sp³-hybridized carbons (Fsp3) is 0.429. The average molecular weight is 382 g/mol. The van der Waals surface area contributed by atoms with Crippen LogP contribution in [0.4, 0.5) is 5.82 Å². The van der Waals surface area contributed by atoms with Gasteiger partial charge in [0.25, 0.3) is 5.91 Å². The number of carbonyl (C=O) groups is 2. The third kappa shape index (κ3) is 3.75. The highest BCUT2D eigenvalue weighted by molar-refractivity contribution is 5.96. The Morgan fingerprint density at radius 2 is 2.14 bits per heavy atom. The molecule has 2 amide bonds. The smallest absolute Gasteiger partial charge is 0.253 e. The molecule has 2 N–H and O–H groups in total. The van der Waals surface area contributed by atoms with Gasteiger partial charge in [-0.3, -0.25) is 9.59 Å². The van der Waals surface area contributed by atoms with Crippen LogP contribution >= 0.6 is 0 Å². The number of nitrogens with one attached hydrogen (secondary N) is 2. The van der Waals surface area contributed by atoms with Crippen LogP contribution in [0.1, 0.15) is 46.6 Å². The van der Waals surface area contributed by atoms with Gasteiger partial charge in [-0.05, 0) is 45.7 Å². The molecule has 0 aliphatic carbocycles. The van der Waals surface area contributed by atoms with E-state index in [4.69, 9.17) is 0 Å². The number of aromatic nitrogens is 1. The molecule has 28 heavy (non-hydrogen) atoms. The van der Waals surface area contributed by atoms with Gasteiger partial charge in [0.2, 0.25) is 5.91 Å². The van der Waals surface area contributed by atoms with Gasteiger partial charge in [0.15, 0.2) is 0 Å². The number of anilines is 1. The molecular formula is C21H28N5O2+. The van der Waals surface area contributed by atoms with Crippen molar-refractivity contribution in [3.63, 3.8) is 0 Å². The zero-order valence-electron chi connectivity index (χ0n) is 17.1. The lowest BCUT2D eigenvalue weighted by molar-refractivity contribution is -0.899. The number of carbonyl (C=O) groups excluding carboxylic acids is 2. The Balaban J connectivity index is 1.85. The third-order valence-corrected chi connectivity index (χ3v) is 5.52. The first kappa shape index (κ1) is 19.9. The van der Waals surface area contributed by atoms with Crippen LogP contribution in [0.2, 0.25) is 0 Å².